The molecule has 1 atom stereocenters. The molecular weight excluding hydrogens is 266 g/mol. The van der Waals surface area contributed by atoms with Crippen molar-refractivity contribution in [1.29, 1.82) is 0 Å². The number of esters is 1. The summed E-state index contributed by atoms with van der Waals surface area (Å²) in [4.78, 5) is 15.8. The standard InChI is InChI=1S/C13H11NO2S2/c1-6-3-9-10(4-7(6)2)18-12(14-9)8-5-11(15)16-13(8)17/h3-4,8H,5H2,1-2H3. The summed E-state index contributed by atoms with van der Waals surface area (Å²) in [5.41, 5.74) is 3.44. The third-order valence-electron chi connectivity index (χ3n) is 3.19. The molecular formula is C13H11NO2S2. The number of benzene rings is 1. The lowest BCUT2D eigenvalue weighted by Gasteiger charge is -1.99. The van der Waals surface area contributed by atoms with Crippen molar-refractivity contribution in [2.45, 2.75) is 26.2 Å². The summed E-state index contributed by atoms with van der Waals surface area (Å²) >= 11 is 6.67. The average molecular weight is 277 g/mol. The zero-order valence-electron chi connectivity index (χ0n) is 10.0. The molecule has 1 aliphatic heterocycles. The summed E-state index contributed by atoms with van der Waals surface area (Å²) in [5, 5.41) is 1.23. The van der Waals surface area contributed by atoms with Gasteiger partial charge in [0.1, 0.15) is 5.01 Å². The summed E-state index contributed by atoms with van der Waals surface area (Å²) in [5.74, 6) is -0.401. The van der Waals surface area contributed by atoms with Crippen LogP contribution < -0.4 is 0 Å². The SMILES string of the molecule is Cc1cc2nc(C3CC(=O)OC3=S)sc2cc1C. The molecule has 1 fully saturated rings. The molecule has 5 heteroatoms. The summed E-state index contributed by atoms with van der Waals surface area (Å²) in [6.07, 6.45) is 0.316. The van der Waals surface area contributed by atoms with Crippen molar-refractivity contribution in [2.75, 3.05) is 0 Å². The Kier molecular flexibility index (Phi) is 2.68. The highest BCUT2D eigenvalue weighted by Gasteiger charge is 2.33. The first kappa shape index (κ1) is 11.7. The molecule has 2 aromatic rings. The molecule has 0 bridgehead atoms. The number of carbonyl (C=O) groups is 1. The molecule has 1 aromatic carbocycles. The van der Waals surface area contributed by atoms with Crippen LogP contribution in [0.1, 0.15) is 28.5 Å². The van der Waals surface area contributed by atoms with Crippen molar-refractivity contribution < 1.29 is 9.53 Å². The van der Waals surface area contributed by atoms with Crippen LogP contribution in [0.2, 0.25) is 0 Å². The zero-order chi connectivity index (χ0) is 12.9. The Bertz CT molecular complexity index is 636. The van der Waals surface area contributed by atoms with Gasteiger partial charge in [-0.3, -0.25) is 4.79 Å². The van der Waals surface area contributed by atoms with Crippen LogP contribution in [0.25, 0.3) is 10.2 Å². The maximum Gasteiger partial charge on any atom is 0.312 e. The molecule has 0 amide bonds. The number of rotatable bonds is 1. The minimum Gasteiger partial charge on any atom is -0.418 e. The Morgan fingerprint density at radius 2 is 2.11 bits per heavy atom. The number of carbonyl (C=O) groups excluding carboxylic acids is 1. The molecule has 0 radical (unpaired) electrons. The fourth-order valence-corrected chi connectivity index (χ4v) is 3.52. The van der Waals surface area contributed by atoms with Crippen molar-refractivity contribution in [3.63, 3.8) is 0 Å². The van der Waals surface area contributed by atoms with Gasteiger partial charge in [0.2, 0.25) is 0 Å². The van der Waals surface area contributed by atoms with Crippen LogP contribution in [0, 0.1) is 13.8 Å². The highest BCUT2D eigenvalue weighted by atomic mass is 32.1. The number of thiazole rings is 1. The van der Waals surface area contributed by atoms with Crippen molar-refractivity contribution in [2.24, 2.45) is 0 Å². The number of aromatic nitrogens is 1. The number of cyclic esters (lactones) is 1. The molecule has 3 rings (SSSR count). The van der Waals surface area contributed by atoms with Crippen LogP contribution in [0.15, 0.2) is 12.1 Å². The van der Waals surface area contributed by atoms with Crippen molar-refractivity contribution in [3.05, 3.63) is 28.3 Å². The fourth-order valence-electron chi connectivity index (χ4n) is 2.01. The Balaban J connectivity index is 2.08. The lowest BCUT2D eigenvalue weighted by Crippen LogP contribution is -2.02. The number of thiocarbonyl (C=S) groups is 1. The fraction of sp³-hybridized carbons (Fsp3) is 0.308. The largest absolute Gasteiger partial charge is 0.418 e. The van der Waals surface area contributed by atoms with Gasteiger partial charge in [0.15, 0.2) is 5.05 Å². The van der Waals surface area contributed by atoms with Gasteiger partial charge in [0.25, 0.3) is 0 Å². The second-order valence-electron chi connectivity index (χ2n) is 4.51. The van der Waals surface area contributed by atoms with Crippen LogP contribution >= 0.6 is 23.6 Å². The van der Waals surface area contributed by atoms with Gasteiger partial charge in [-0.25, -0.2) is 4.98 Å². The van der Waals surface area contributed by atoms with Gasteiger partial charge in [0.05, 0.1) is 22.6 Å². The van der Waals surface area contributed by atoms with E-state index in [0.717, 1.165) is 15.2 Å². The Labute approximate surface area is 114 Å². The molecule has 1 aromatic heterocycles. The number of nitrogens with zero attached hydrogens (tertiary/aromatic N) is 1. The molecule has 92 valence electrons. The molecule has 0 spiro atoms. The number of aryl methyl sites for hydroxylation is 2. The van der Waals surface area contributed by atoms with Crippen LogP contribution in [0.3, 0.4) is 0 Å². The van der Waals surface area contributed by atoms with Gasteiger partial charge in [0, 0.05) is 0 Å². The molecule has 18 heavy (non-hydrogen) atoms. The minimum absolute atomic E-state index is 0.148. The van der Waals surface area contributed by atoms with E-state index in [4.69, 9.17) is 17.0 Å². The van der Waals surface area contributed by atoms with Crippen LogP contribution in [-0.2, 0) is 9.53 Å². The van der Waals surface area contributed by atoms with Crippen molar-refractivity contribution in [3.8, 4) is 0 Å². The molecule has 0 N–H and O–H groups in total. The minimum atomic E-state index is -0.253. The van der Waals surface area contributed by atoms with E-state index < -0.39 is 0 Å². The number of hydrogen-bond donors (Lipinski definition) is 0. The predicted molar refractivity (Wildman–Crippen MR) is 75.1 cm³/mol. The summed E-state index contributed by atoms with van der Waals surface area (Å²) in [6, 6.07) is 4.21. The van der Waals surface area contributed by atoms with E-state index in [1.54, 1.807) is 11.3 Å². The van der Waals surface area contributed by atoms with E-state index in [9.17, 15) is 4.79 Å². The van der Waals surface area contributed by atoms with Gasteiger partial charge in [-0.05, 0) is 49.3 Å². The first-order valence-corrected chi connectivity index (χ1v) is 6.89. The van der Waals surface area contributed by atoms with E-state index in [1.807, 2.05) is 0 Å². The number of hydrogen-bond acceptors (Lipinski definition) is 5. The highest BCUT2D eigenvalue weighted by molar-refractivity contribution is 7.80. The summed E-state index contributed by atoms with van der Waals surface area (Å²) in [6.45, 7) is 4.15. The van der Waals surface area contributed by atoms with Crippen molar-refractivity contribution in [1.82, 2.24) is 4.98 Å². The van der Waals surface area contributed by atoms with Gasteiger partial charge in [-0.2, -0.15) is 0 Å². The molecule has 0 aliphatic carbocycles. The van der Waals surface area contributed by atoms with Crippen molar-refractivity contribution >= 4 is 44.8 Å². The predicted octanol–water partition coefficient (Wildman–Crippen LogP) is 3.27. The molecule has 2 heterocycles. The third-order valence-corrected chi connectivity index (χ3v) is 4.69. The van der Waals surface area contributed by atoms with E-state index >= 15 is 0 Å². The Morgan fingerprint density at radius 1 is 1.39 bits per heavy atom. The molecule has 3 nitrogen and oxygen atoms in total. The summed E-state index contributed by atoms with van der Waals surface area (Å²) < 4.78 is 6.07. The first-order chi connectivity index (χ1) is 8.54. The normalized spacial score (nSPS) is 19.6. The first-order valence-electron chi connectivity index (χ1n) is 5.67. The van der Waals surface area contributed by atoms with E-state index in [0.29, 0.717) is 11.5 Å². The quantitative estimate of drug-likeness (QED) is 0.592. The molecule has 1 aliphatic rings. The molecule has 1 saturated heterocycles. The number of ether oxygens (including phenoxy) is 1. The van der Waals surface area contributed by atoms with Gasteiger partial charge < -0.3 is 4.74 Å². The second kappa shape index (κ2) is 4.10. The van der Waals surface area contributed by atoms with Crippen LogP contribution in [0.4, 0.5) is 0 Å². The van der Waals surface area contributed by atoms with Crippen LogP contribution in [0.5, 0.6) is 0 Å². The van der Waals surface area contributed by atoms with E-state index in [-0.39, 0.29) is 11.9 Å². The maximum absolute atomic E-state index is 11.2. The van der Waals surface area contributed by atoms with Gasteiger partial charge in [-0.15, -0.1) is 11.3 Å². The highest BCUT2D eigenvalue weighted by Crippen LogP contribution is 2.35. The van der Waals surface area contributed by atoms with E-state index in [1.165, 1.54) is 11.1 Å². The maximum atomic E-state index is 11.2. The Morgan fingerprint density at radius 3 is 2.78 bits per heavy atom. The van der Waals surface area contributed by atoms with Gasteiger partial charge >= 0.3 is 5.97 Å². The third kappa shape index (κ3) is 1.83. The number of fused-ring (bicyclic) bond motifs is 1. The molecule has 0 saturated carbocycles. The zero-order valence-corrected chi connectivity index (χ0v) is 11.7. The second-order valence-corrected chi connectivity index (χ2v) is 5.97. The van der Waals surface area contributed by atoms with Gasteiger partial charge in [-0.1, -0.05) is 0 Å². The molecule has 1 unspecified atom stereocenters. The lowest BCUT2D eigenvalue weighted by molar-refractivity contribution is -0.132. The monoisotopic (exact) mass is 277 g/mol. The van der Waals surface area contributed by atoms with E-state index in [2.05, 4.69) is 31.0 Å². The van der Waals surface area contributed by atoms with Crippen LogP contribution in [-0.4, -0.2) is 16.0 Å². The summed E-state index contributed by atoms with van der Waals surface area (Å²) in [7, 11) is 0. The lowest BCUT2D eigenvalue weighted by atomic mass is 10.1. The Hall–Kier alpha value is -1.33. The smallest absolute Gasteiger partial charge is 0.312 e. The average Bonchev–Trinajstić information content (AvgIpc) is 2.82. The topological polar surface area (TPSA) is 39.2 Å².